The van der Waals surface area contributed by atoms with Crippen LogP contribution < -0.4 is 14.4 Å². The van der Waals surface area contributed by atoms with Gasteiger partial charge in [-0.3, -0.25) is 9.10 Å². The fourth-order valence-electron chi connectivity index (χ4n) is 4.11. The van der Waals surface area contributed by atoms with Gasteiger partial charge in [0.15, 0.2) is 0 Å². The van der Waals surface area contributed by atoms with E-state index in [0.29, 0.717) is 24.4 Å². The molecule has 0 radical (unpaired) electrons. The van der Waals surface area contributed by atoms with E-state index in [1.807, 2.05) is 74.5 Å². The summed E-state index contributed by atoms with van der Waals surface area (Å²) < 4.78 is 32.2. The van der Waals surface area contributed by atoms with E-state index in [1.165, 1.54) is 10.6 Å². The molecule has 1 amide bonds. The standard InChI is InChI=1S/C29H30N2O4S/c1-21-16-22(2)18-27(17-21)31(36(3,33)34)20-23-8-10-25(11-9-23)29(32)30-14-15-35-28-13-12-24-6-4-5-7-26(24)19-28/h4-13,16-19H,14-15,20H2,1-3H3,(H,30,32). The van der Waals surface area contributed by atoms with Crippen LogP contribution in [0, 0.1) is 13.8 Å². The lowest BCUT2D eigenvalue weighted by molar-refractivity contribution is 0.0947. The molecule has 6 nitrogen and oxygen atoms in total. The fraction of sp³-hybridized carbons (Fsp3) is 0.207. The van der Waals surface area contributed by atoms with Crippen LogP contribution in [0.4, 0.5) is 5.69 Å². The second-order valence-corrected chi connectivity index (χ2v) is 10.8. The lowest BCUT2D eigenvalue weighted by atomic mass is 10.1. The Bertz CT molecular complexity index is 1460. The molecule has 0 aromatic heterocycles. The highest BCUT2D eigenvalue weighted by atomic mass is 32.2. The van der Waals surface area contributed by atoms with Crippen molar-refractivity contribution >= 4 is 32.4 Å². The molecule has 0 spiro atoms. The second kappa shape index (κ2) is 10.8. The van der Waals surface area contributed by atoms with Gasteiger partial charge in [0.05, 0.1) is 25.0 Å². The number of amides is 1. The SMILES string of the molecule is Cc1cc(C)cc(N(Cc2ccc(C(=O)NCCOc3ccc4ccccc4c3)cc2)S(C)(=O)=O)c1. The molecule has 0 atom stereocenters. The minimum absolute atomic E-state index is 0.184. The lowest BCUT2D eigenvalue weighted by Gasteiger charge is -2.23. The van der Waals surface area contributed by atoms with Crippen LogP contribution >= 0.6 is 0 Å². The number of sulfonamides is 1. The molecule has 0 aliphatic rings. The first-order valence-electron chi connectivity index (χ1n) is 11.7. The maximum absolute atomic E-state index is 12.5. The van der Waals surface area contributed by atoms with Crippen LogP contribution in [0.25, 0.3) is 10.8 Å². The number of fused-ring (bicyclic) bond motifs is 1. The van der Waals surface area contributed by atoms with E-state index in [1.54, 1.807) is 24.3 Å². The first kappa shape index (κ1) is 25.3. The molecule has 186 valence electrons. The smallest absolute Gasteiger partial charge is 0.251 e. The van der Waals surface area contributed by atoms with Crippen molar-refractivity contribution < 1.29 is 17.9 Å². The van der Waals surface area contributed by atoms with Gasteiger partial charge in [-0.05, 0) is 77.7 Å². The molecule has 0 heterocycles. The zero-order chi connectivity index (χ0) is 25.7. The summed E-state index contributed by atoms with van der Waals surface area (Å²) in [7, 11) is -3.49. The van der Waals surface area contributed by atoms with Crippen LogP contribution in [-0.4, -0.2) is 33.7 Å². The van der Waals surface area contributed by atoms with E-state index in [9.17, 15) is 13.2 Å². The van der Waals surface area contributed by atoms with E-state index < -0.39 is 10.0 Å². The number of anilines is 1. The Morgan fingerprint density at radius 2 is 1.53 bits per heavy atom. The van der Waals surface area contributed by atoms with Crippen LogP contribution in [0.3, 0.4) is 0 Å². The van der Waals surface area contributed by atoms with Gasteiger partial charge in [-0.1, -0.05) is 48.5 Å². The normalized spacial score (nSPS) is 11.3. The summed E-state index contributed by atoms with van der Waals surface area (Å²) in [5.74, 6) is 0.546. The highest BCUT2D eigenvalue weighted by molar-refractivity contribution is 7.92. The van der Waals surface area contributed by atoms with Gasteiger partial charge in [0.2, 0.25) is 10.0 Å². The van der Waals surface area contributed by atoms with Crippen molar-refractivity contribution in [3.63, 3.8) is 0 Å². The van der Waals surface area contributed by atoms with Crippen LogP contribution in [0.2, 0.25) is 0 Å². The summed E-state index contributed by atoms with van der Waals surface area (Å²) in [5, 5.41) is 5.11. The summed E-state index contributed by atoms with van der Waals surface area (Å²) in [5.41, 5.74) is 3.91. The molecule has 1 N–H and O–H groups in total. The molecule has 0 aliphatic heterocycles. The van der Waals surface area contributed by atoms with Gasteiger partial charge in [0, 0.05) is 5.56 Å². The van der Waals surface area contributed by atoms with Crippen molar-refractivity contribution in [3.8, 4) is 5.75 Å². The number of rotatable bonds is 9. The Balaban J connectivity index is 1.33. The maximum Gasteiger partial charge on any atom is 0.251 e. The van der Waals surface area contributed by atoms with E-state index in [-0.39, 0.29) is 12.5 Å². The predicted octanol–water partition coefficient (Wildman–Crippen LogP) is 5.23. The Kier molecular flexibility index (Phi) is 7.60. The van der Waals surface area contributed by atoms with Crippen molar-refractivity contribution in [2.24, 2.45) is 0 Å². The summed E-state index contributed by atoms with van der Waals surface area (Å²) in [4.78, 5) is 12.5. The maximum atomic E-state index is 12.5. The van der Waals surface area contributed by atoms with Crippen LogP contribution in [0.1, 0.15) is 27.0 Å². The number of benzene rings is 4. The Morgan fingerprint density at radius 1 is 0.861 bits per heavy atom. The predicted molar refractivity (Wildman–Crippen MR) is 145 cm³/mol. The first-order chi connectivity index (χ1) is 17.2. The van der Waals surface area contributed by atoms with E-state index in [0.717, 1.165) is 33.2 Å². The number of nitrogens with zero attached hydrogens (tertiary/aromatic N) is 1. The summed E-state index contributed by atoms with van der Waals surface area (Å²) in [6.07, 6.45) is 1.20. The van der Waals surface area contributed by atoms with Crippen molar-refractivity contribution in [2.45, 2.75) is 20.4 Å². The molecule has 4 aromatic carbocycles. The third kappa shape index (κ3) is 6.43. The number of ether oxygens (including phenoxy) is 1. The summed E-state index contributed by atoms with van der Waals surface area (Å²) in [6.45, 7) is 4.78. The third-order valence-electron chi connectivity index (χ3n) is 5.81. The summed E-state index contributed by atoms with van der Waals surface area (Å²) >= 11 is 0. The van der Waals surface area contributed by atoms with Gasteiger partial charge >= 0.3 is 0 Å². The molecule has 4 rings (SSSR count). The Morgan fingerprint density at radius 3 is 2.19 bits per heavy atom. The molecular weight excluding hydrogens is 472 g/mol. The number of carbonyl (C=O) groups excluding carboxylic acids is 1. The minimum Gasteiger partial charge on any atom is -0.492 e. The highest BCUT2D eigenvalue weighted by Crippen LogP contribution is 2.24. The second-order valence-electron chi connectivity index (χ2n) is 8.93. The van der Waals surface area contributed by atoms with Crippen LogP contribution in [-0.2, 0) is 16.6 Å². The third-order valence-corrected chi connectivity index (χ3v) is 6.95. The van der Waals surface area contributed by atoms with Crippen molar-refractivity contribution in [1.82, 2.24) is 5.32 Å². The van der Waals surface area contributed by atoms with Crippen molar-refractivity contribution in [1.29, 1.82) is 0 Å². The first-order valence-corrected chi connectivity index (χ1v) is 13.6. The number of aryl methyl sites for hydroxylation is 2. The molecule has 0 bridgehead atoms. The zero-order valence-electron chi connectivity index (χ0n) is 20.7. The van der Waals surface area contributed by atoms with Gasteiger partial charge in [-0.25, -0.2) is 8.42 Å². The number of carbonyl (C=O) groups is 1. The molecule has 4 aromatic rings. The van der Waals surface area contributed by atoms with Gasteiger partial charge < -0.3 is 10.1 Å². The van der Waals surface area contributed by atoms with Gasteiger partial charge in [-0.2, -0.15) is 0 Å². The van der Waals surface area contributed by atoms with Gasteiger partial charge in [0.1, 0.15) is 12.4 Å². The molecular formula is C29H30N2O4S. The topological polar surface area (TPSA) is 75.7 Å². The molecule has 0 unspecified atom stereocenters. The molecule has 36 heavy (non-hydrogen) atoms. The molecule has 7 heteroatoms. The molecule has 0 aliphatic carbocycles. The average Bonchev–Trinajstić information content (AvgIpc) is 2.84. The fourth-order valence-corrected chi connectivity index (χ4v) is 4.99. The highest BCUT2D eigenvalue weighted by Gasteiger charge is 2.19. The Hall–Kier alpha value is -3.84. The quantitative estimate of drug-likeness (QED) is 0.318. The van der Waals surface area contributed by atoms with Crippen LogP contribution in [0.5, 0.6) is 5.75 Å². The van der Waals surface area contributed by atoms with E-state index >= 15 is 0 Å². The van der Waals surface area contributed by atoms with Gasteiger partial charge in [0.25, 0.3) is 5.91 Å². The molecule has 0 saturated carbocycles. The van der Waals surface area contributed by atoms with E-state index in [4.69, 9.17) is 4.74 Å². The number of hydrogen-bond acceptors (Lipinski definition) is 4. The monoisotopic (exact) mass is 502 g/mol. The molecule has 0 fully saturated rings. The molecule has 0 saturated heterocycles. The van der Waals surface area contributed by atoms with Crippen molar-refractivity contribution in [3.05, 3.63) is 107 Å². The lowest BCUT2D eigenvalue weighted by Crippen LogP contribution is -2.30. The van der Waals surface area contributed by atoms with Crippen LogP contribution in [0.15, 0.2) is 84.9 Å². The van der Waals surface area contributed by atoms with Gasteiger partial charge in [-0.15, -0.1) is 0 Å². The van der Waals surface area contributed by atoms with Crippen molar-refractivity contribution in [2.75, 3.05) is 23.7 Å². The Labute approximate surface area is 212 Å². The zero-order valence-corrected chi connectivity index (χ0v) is 21.5. The summed E-state index contributed by atoms with van der Waals surface area (Å²) in [6, 6.07) is 26.7. The number of nitrogens with one attached hydrogen (secondary N) is 1. The number of hydrogen-bond donors (Lipinski definition) is 1. The largest absolute Gasteiger partial charge is 0.492 e. The van der Waals surface area contributed by atoms with E-state index in [2.05, 4.69) is 5.32 Å². The minimum atomic E-state index is -3.49. The average molecular weight is 503 g/mol.